The lowest BCUT2D eigenvalue weighted by Gasteiger charge is -2.22. The van der Waals surface area contributed by atoms with Gasteiger partial charge in [-0.15, -0.1) is 0 Å². The van der Waals surface area contributed by atoms with E-state index in [2.05, 4.69) is 19.2 Å². The quantitative estimate of drug-likeness (QED) is 0.875. The first kappa shape index (κ1) is 16.8. The lowest BCUT2D eigenvalue weighted by Crippen LogP contribution is -2.34. The standard InChI is InChI=1S/C15H24ClN3O/c1-11(2)17-9-12-6-7-14(13(16)8-12)19(5)10-15(20)18(3)4/h6-8,11,17H,9-10H2,1-5H3. The SMILES string of the molecule is CC(C)NCc1ccc(N(C)CC(=O)N(C)C)c(Cl)c1. The van der Waals surface area contributed by atoms with Gasteiger partial charge < -0.3 is 15.1 Å². The number of carbonyl (C=O) groups excluding carboxylic acids is 1. The first-order valence-electron chi connectivity index (χ1n) is 6.74. The van der Waals surface area contributed by atoms with E-state index in [1.54, 1.807) is 19.0 Å². The highest BCUT2D eigenvalue weighted by Gasteiger charge is 2.12. The molecule has 0 spiro atoms. The van der Waals surface area contributed by atoms with Gasteiger partial charge in [-0.05, 0) is 17.7 Å². The van der Waals surface area contributed by atoms with Crippen molar-refractivity contribution in [2.45, 2.75) is 26.4 Å². The van der Waals surface area contributed by atoms with Crippen molar-refractivity contribution in [1.29, 1.82) is 0 Å². The third-order valence-corrected chi connectivity index (χ3v) is 3.31. The van der Waals surface area contributed by atoms with Crippen LogP contribution in [0, 0.1) is 0 Å². The smallest absolute Gasteiger partial charge is 0.241 e. The summed E-state index contributed by atoms with van der Waals surface area (Å²) in [6, 6.07) is 6.38. The van der Waals surface area contributed by atoms with Crippen LogP contribution in [0.15, 0.2) is 18.2 Å². The molecule has 1 aromatic carbocycles. The van der Waals surface area contributed by atoms with E-state index in [9.17, 15) is 4.79 Å². The maximum atomic E-state index is 11.7. The number of anilines is 1. The average molecular weight is 298 g/mol. The Balaban J connectivity index is 2.74. The largest absolute Gasteiger partial charge is 0.364 e. The molecule has 0 saturated carbocycles. The Morgan fingerprint density at radius 1 is 1.30 bits per heavy atom. The number of hydrogen-bond acceptors (Lipinski definition) is 3. The fourth-order valence-electron chi connectivity index (χ4n) is 1.72. The summed E-state index contributed by atoms with van der Waals surface area (Å²) in [6.45, 7) is 5.32. The van der Waals surface area contributed by atoms with E-state index in [1.165, 1.54) is 0 Å². The highest BCUT2D eigenvalue weighted by Crippen LogP contribution is 2.26. The number of amides is 1. The molecule has 1 aromatic rings. The van der Waals surface area contributed by atoms with Gasteiger partial charge in [-0.2, -0.15) is 0 Å². The Bertz CT molecular complexity index is 460. The highest BCUT2D eigenvalue weighted by atomic mass is 35.5. The highest BCUT2D eigenvalue weighted by molar-refractivity contribution is 6.33. The van der Waals surface area contributed by atoms with E-state index >= 15 is 0 Å². The number of halogens is 1. The monoisotopic (exact) mass is 297 g/mol. The van der Waals surface area contributed by atoms with E-state index in [4.69, 9.17) is 11.6 Å². The van der Waals surface area contributed by atoms with Crippen LogP contribution in [-0.4, -0.2) is 44.5 Å². The van der Waals surface area contributed by atoms with Crippen molar-refractivity contribution in [2.75, 3.05) is 32.6 Å². The van der Waals surface area contributed by atoms with Crippen molar-refractivity contribution in [1.82, 2.24) is 10.2 Å². The van der Waals surface area contributed by atoms with E-state index in [-0.39, 0.29) is 5.91 Å². The molecule has 5 heteroatoms. The summed E-state index contributed by atoms with van der Waals surface area (Å²) in [5.41, 5.74) is 2.01. The fraction of sp³-hybridized carbons (Fsp3) is 0.533. The van der Waals surface area contributed by atoms with Crippen molar-refractivity contribution < 1.29 is 4.79 Å². The van der Waals surface area contributed by atoms with E-state index in [0.29, 0.717) is 17.6 Å². The van der Waals surface area contributed by atoms with Crippen LogP contribution in [0.2, 0.25) is 5.02 Å². The molecule has 20 heavy (non-hydrogen) atoms. The number of hydrogen-bond donors (Lipinski definition) is 1. The molecule has 1 N–H and O–H groups in total. The van der Waals surface area contributed by atoms with E-state index < -0.39 is 0 Å². The van der Waals surface area contributed by atoms with Crippen LogP contribution in [0.1, 0.15) is 19.4 Å². The summed E-state index contributed by atoms with van der Waals surface area (Å²) in [5, 5.41) is 4.02. The van der Waals surface area contributed by atoms with Crippen molar-refractivity contribution in [3.63, 3.8) is 0 Å². The molecule has 0 aromatic heterocycles. The maximum absolute atomic E-state index is 11.7. The molecule has 0 bridgehead atoms. The second-order valence-electron chi connectivity index (χ2n) is 5.47. The minimum Gasteiger partial charge on any atom is -0.364 e. The van der Waals surface area contributed by atoms with Crippen molar-refractivity contribution in [3.8, 4) is 0 Å². The molecule has 0 atom stereocenters. The Kier molecular flexibility index (Phi) is 6.30. The third kappa shape index (κ3) is 5.02. The van der Waals surface area contributed by atoms with Crippen LogP contribution in [0.4, 0.5) is 5.69 Å². The Morgan fingerprint density at radius 3 is 2.45 bits per heavy atom. The van der Waals surface area contributed by atoms with E-state index in [1.807, 2.05) is 30.1 Å². The zero-order valence-electron chi connectivity index (χ0n) is 12.9. The van der Waals surface area contributed by atoms with Crippen LogP contribution < -0.4 is 10.2 Å². The normalized spacial score (nSPS) is 10.8. The van der Waals surface area contributed by atoms with Crippen LogP contribution in [-0.2, 0) is 11.3 Å². The molecule has 0 unspecified atom stereocenters. The molecule has 0 heterocycles. The summed E-state index contributed by atoms with van der Waals surface area (Å²) in [5.74, 6) is 0.0501. The number of rotatable bonds is 6. The first-order valence-corrected chi connectivity index (χ1v) is 7.12. The molecule has 0 aliphatic rings. The number of nitrogens with zero attached hydrogens (tertiary/aromatic N) is 2. The maximum Gasteiger partial charge on any atom is 0.241 e. The fourth-order valence-corrected chi connectivity index (χ4v) is 2.07. The topological polar surface area (TPSA) is 35.6 Å². The summed E-state index contributed by atoms with van der Waals surface area (Å²) in [4.78, 5) is 15.2. The molecule has 0 fully saturated rings. The van der Waals surface area contributed by atoms with Crippen LogP contribution >= 0.6 is 11.6 Å². The summed E-state index contributed by atoms with van der Waals surface area (Å²) < 4.78 is 0. The van der Waals surface area contributed by atoms with Gasteiger partial charge in [0.15, 0.2) is 0 Å². The third-order valence-electron chi connectivity index (χ3n) is 3.01. The van der Waals surface area contributed by atoms with Gasteiger partial charge in [0.2, 0.25) is 5.91 Å². The predicted octanol–water partition coefficient (Wildman–Crippen LogP) is 2.36. The number of likely N-dealkylation sites (N-methyl/N-ethyl adjacent to an activating group) is 2. The predicted molar refractivity (Wildman–Crippen MR) is 85.4 cm³/mol. The molecule has 0 radical (unpaired) electrons. The van der Waals surface area contributed by atoms with E-state index in [0.717, 1.165) is 17.8 Å². The van der Waals surface area contributed by atoms with Gasteiger partial charge in [-0.25, -0.2) is 0 Å². The molecule has 1 rings (SSSR count). The number of nitrogens with one attached hydrogen (secondary N) is 1. The van der Waals surface area contributed by atoms with Crippen LogP contribution in [0.3, 0.4) is 0 Å². The van der Waals surface area contributed by atoms with Crippen LogP contribution in [0.5, 0.6) is 0 Å². The first-order chi connectivity index (χ1) is 9.31. The van der Waals surface area contributed by atoms with Gasteiger partial charge in [0.1, 0.15) is 0 Å². The average Bonchev–Trinajstić information content (AvgIpc) is 2.35. The lowest BCUT2D eigenvalue weighted by atomic mass is 10.2. The summed E-state index contributed by atoms with van der Waals surface area (Å²) in [7, 11) is 5.37. The molecule has 0 aliphatic heterocycles. The summed E-state index contributed by atoms with van der Waals surface area (Å²) >= 11 is 6.31. The number of benzene rings is 1. The molecule has 0 saturated heterocycles. The summed E-state index contributed by atoms with van der Waals surface area (Å²) in [6.07, 6.45) is 0. The van der Waals surface area contributed by atoms with Crippen molar-refractivity contribution >= 4 is 23.2 Å². The number of carbonyl (C=O) groups is 1. The van der Waals surface area contributed by atoms with Gasteiger partial charge in [-0.3, -0.25) is 4.79 Å². The second-order valence-corrected chi connectivity index (χ2v) is 5.87. The lowest BCUT2D eigenvalue weighted by molar-refractivity contribution is -0.127. The minimum atomic E-state index is 0.0501. The molecular formula is C15H24ClN3O. The zero-order chi connectivity index (χ0) is 15.3. The van der Waals surface area contributed by atoms with Gasteiger partial charge in [0.25, 0.3) is 0 Å². The van der Waals surface area contributed by atoms with Gasteiger partial charge in [0.05, 0.1) is 17.3 Å². The molecule has 0 aliphatic carbocycles. The van der Waals surface area contributed by atoms with Crippen molar-refractivity contribution in [2.24, 2.45) is 0 Å². The van der Waals surface area contributed by atoms with Gasteiger partial charge in [-0.1, -0.05) is 31.5 Å². The van der Waals surface area contributed by atoms with Crippen LogP contribution in [0.25, 0.3) is 0 Å². The Morgan fingerprint density at radius 2 is 1.95 bits per heavy atom. The van der Waals surface area contributed by atoms with Gasteiger partial charge >= 0.3 is 0 Å². The second kappa shape index (κ2) is 7.50. The molecule has 1 amide bonds. The molecular weight excluding hydrogens is 274 g/mol. The van der Waals surface area contributed by atoms with Crippen molar-refractivity contribution in [3.05, 3.63) is 28.8 Å². The zero-order valence-corrected chi connectivity index (χ0v) is 13.7. The minimum absolute atomic E-state index is 0.0501. The molecule has 112 valence electrons. The molecule has 4 nitrogen and oxygen atoms in total. The Labute approximate surface area is 126 Å². The van der Waals surface area contributed by atoms with Gasteiger partial charge in [0, 0.05) is 33.7 Å². The Hall–Kier alpha value is -1.26.